The molecule has 0 aliphatic carbocycles. The van der Waals surface area contributed by atoms with Gasteiger partial charge >= 0.3 is 0 Å². The van der Waals surface area contributed by atoms with E-state index in [1.165, 1.54) is 43.5 Å². The number of nitrogens with zero attached hydrogens (tertiary/aromatic N) is 2. The number of benzene rings is 4. The Morgan fingerprint density at radius 3 is 1.90 bits per heavy atom. The smallest absolute Gasteiger partial charge is 0.258 e. The molecule has 0 N–H and O–H groups in total. The van der Waals surface area contributed by atoms with E-state index < -0.39 is 17.7 Å². The highest BCUT2D eigenvalue weighted by atomic mass is 19.1. The molecule has 40 heavy (non-hydrogen) atoms. The Morgan fingerprint density at radius 2 is 1.32 bits per heavy atom. The number of anilines is 2. The molecule has 8 heteroatoms. The highest BCUT2D eigenvalue weighted by Gasteiger charge is 2.39. The molecule has 0 radical (unpaired) electrons. The van der Waals surface area contributed by atoms with Crippen LogP contribution in [0.2, 0.25) is 0 Å². The molecule has 0 bridgehead atoms. The molecule has 4 aromatic carbocycles. The van der Waals surface area contributed by atoms with Crippen LogP contribution < -0.4 is 19.3 Å². The minimum absolute atomic E-state index is 0.253. The van der Waals surface area contributed by atoms with E-state index in [2.05, 4.69) is 0 Å². The Hall–Kier alpha value is -4.72. The van der Waals surface area contributed by atoms with Gasteiger partial charge < -0.3 is 19.3 Å². The number of carbonyl (C=O) groups excluding carboxylic acids is 2. The Labute approximate surface area is 231 Å². The lowest BCUT2D eigenvalue weighted by Crippen LogP contribution is -2.48. The zero-order valence-electron chi connectivity index (χ0n) is 22.3. The third-order valence-electron chi connectivity index (χ3n) is 7.14. The highest BCUT2D eigenvalue weighted by Crippen LogP contribution is 2.44. The van der Waals surface area contributed by atoms with Crippen molar-refractivity contribution in [2.75, 3.05) is 24.0 Å². The molecule has 204 valence electrons. The zero-order chi connectivity index (χ0) is 28.4. The van der Waals surface area contributed by atoms with Crippen molar-refractivity contribution < 1.29 is 27.8 Å². The maximum Gasteiger partial charge on any atom is 0.258 e. The second-order valence-electron chi connectivity index (χ2n) is 9.59. The minimum atomic E-state index is -0.638. The summed E-state index contributed by atoms with van der Waals surface area (Å²) in [4.78, 5) is 30.9. The molecular weight excluding hydrogens is 514 g/mol. The van der Waals surface area contributed by atoms with Gasteiger partial charge in [0, 0.05) is 34.1 Å². The van der Waals surface area contributed by atoms with Crippen LogP contribution in [0.1, 0.15) is 45.7 Å². The lowest BCUT2D eigenvalue weighted by Gasteiger charge is -2.43. The molecule has 1 heterocycles. The number of ether oxygens (including phenoxy) is 2. The molecule has 2 amide bonds. The fourth-order valence-corrected chi connectivity index (χ4v) is 5.14. The molecule has 0 saturated heterocycles. The minimum Gasteiger partial charge on any atom is -0.497 e. The van der Waals surface area contributed by atoms with Gasteiger partial charge in [-0.3, -0.25) is 9.59 Å². The zero-order valence-corrected chi connectivity index (χ0v) is 22.3. The van der Waals surface area contributed by atoms with E-state index in [1.54, 1.807) is 71.5 Å². The largest absolute Gasteiger partial charge is 0.497 e. The third-order valence-corrected chi connectivity index (χ3v) is 7.14. The summed E-state index contributed by atoms with van der Waals surface area (Å²) in [7, 11) is 3.09. The van der Waals surface area contributed by atoms with Gasteiger partial charge in [0.05, 0.1) is 20.3 Å². The summed E-state index contributed by atoms with van der Waals surface area (Å²) in [5, 5.41) is 0. The number of hydrogen-bond donors (Lipinski definition) is 0. The van der Waals surface area contributed by atoms with Gasteiger partial charge in [-0.1, -0.05) is 0 Å². The molecule has 1 aliphatic rings. The van der Waals surface area contributed by atoms with Crippen molar-refractivity contribution >= 4 is 23.2 Å². The lowest BCUT2D eigenvalue weighted by atomic mass is 9.89. The molecule has 5 rings (SSSR count). The summed E-state index contributed by atoms with van der Waals surface area (Å²) in [5.41, 5.74) is 2.26. The van der Waals surface area contributed by atoms with Crippen molar-refractivity contribution in [1.29, 1.82) is 0 Å². The van der Waals surface area contributed by atoms with Crippen LogP contribution in [-0.4, -0.2) is 32.1 Å². The number of fused-ring (bicyclic) bond motifs is 1. The molecule has 0 fully saturated rings. The molecule has 0 aromatic heterocycles. The summed E-state index contributed by atoms with van der Waals surface area (Å²) in [6.07, 6.45) is 0.317. The summed E-state index contributed by atoms with van der Waals surface area (Å²) >= 11 is 0. The molecule has 6 nitrogen and oxygen atoms in total. The molecule has 1 aliphatic heterocycles. The maximum atomic E-state index is 14.7. The third kappa shape index (κ3) is 5.12. The highest BCUT2D eigenvalue weighted by molar-refractivity contribution is 6.09. The summed E-state index contributed by atoms with van der Waals surface area (Å²) in [5.74, 6) is -0.326. The second-order valence-corrected chi connectivity index (χ2v) is 9.59. The average molecular weight is 543 g/mol. The predicted molar refractivity (Wildman–Crippen MR) is 149 cm³/mol. The van der Waals surface area contributed by atoms with Crippen LogP contribution in [-0.2, 0) is 0 Å². The van der Waals surface area contributed by atoms with Gasteiger partial charge in [0.1, 0.15) is 23.1 Å². The molecular formula is C32H28F2N2O4. The summed E-state index contributed by atoms with van der Waals surface area (Å²) in [6, 6.07) is 22.3. The Morgan fingerprint density at radius 1 is 0.775 bits per heavy atom. The summed E-state index contributed by atoms with van der Waals surface area (Å²) < 4.78 is 39.1. The number of halogens is 2. The first kappa shape index (κ1) is 26.9. The lowest BCUT2D eigenvalue weighted by molar-refractivity contribution is 0.0965. The number of methoxy groups -OCH3 is 2. The van der Waals surface area contributed by atoms with Gasteiger partial charge in [-0.05, 0) is 104 Å². The van der Waals surface area contributed by atoms with Crippen molar-refractivity contribution in [3.63, 3.8) is 0 Å². The van der Waals surface area contributed by atoms with E-state index >= 15 is 0 Å². The van der Waals surface area contributed by atoms with Crippen LogP contribution in [0.4, 0.5) is 20.2 Å². The quantitative estimate of drug-likeness (QED) is 0.269. The van der Waals surface area contributed by atoms with Crippen LogP contribution in [0.25, 0.3) is 0 Å². The molecule has 2 unspecified atom stereocenters. The molecule has 2 atom stereocenters. The molecule has 0 spiro atoms. The fraction of sp³-hybridized carbons (Fsp3) is 0.188. The van der Waals surface area contributed by atoms with E-state index in [-0.39, 0.29) is 17.9 Å². The topological polar surface area (TPSA) is 59.1 Å². The predicted octanol–water partition coefficient (Wildman–Crippen LogP) is 6.81. The summed E-state index contributed by atoms with van der Waals surface area (Å²) in [6.45, 7) is 1.89. The van der Waals surface area contributed by atoms with Crippen LogP contribution >= 0.6 is 0 Å². The van der Waals surface area contributed by atoms with Crippen LogP contribution in [0, 0.1) is 11.6 Å². The van der Waals surface area contributed by atoms with E-state index in [4.69, 9.17) is 9.47 Å². The average Bonchev–Trinajstić information content (AvgIpc) is 2.98. The Bertz CT molecular complexity index is 1520. The van der Waals surface area contributed by atoms with Gasteiger partial charge in [-0.25, -0.2) is 8.78 Å². The standard InChI is InChI=1S/C32H28F2N2O4/c1-20-18-30(36(25-11-8-23(33)9-12-25)32(38)22-6-15-27(40-3)16-7-22)28-19-24(34)10-17-29(28)35(20)31(37)21-4-13-26(39-2)14-5-21/h4-17,19-20,30H,18H2,1-3H3. The SMILES string of the molecule is COc1ccc(C(=O)N2c3ccc(F)cc3C(N(C(=O)c3ccc(OC)cc3)c3ccc(F)cc3)CC2C)cc1. The first-order valence-electron chi connectivity index (χ1n) is 12.8. The first-order chi connectivity index (χ1) is 19.3. The number of carbonyl (C=O) groups is 2. The molecule has 0 saturated carbocycles. The number of rotatable bonds is 6. The van der Waals surface area contributed by atoms with Crippen molar-refractivity contribution in [2.24, 2.45) is 0 Å². The van der Waals surface area contributed by atoms with Crippen molar-refractivity contribution in [3.05, 3.63) is 119 Å². The maximum absolute atomic E-state index is 14.7. The van der Waals surface area contributed by atoms with Crippen LogP contribution in [0.3, 0.4) is 0 Å². The van der Waals surface area contributed by atoms with Gasteiger partial charge in [-0.15, -0.1) is 0 Å². The monoisotopic (exact) mass is 542 g/mol. The number of hydrogen-bond acceptors (Lipinski definition) is 4. The van der Waals surface area contributed by atoms with Gasteiger partial charge in [-0.2, -0.15) is 0 Å². The Kier molecular flexibility index (Phi) is 7.51. The Balaban J connectivity index is 1.61. The van der Waals surface area contributed by atoms with Gasteiger partial charge in [0.15, 0.2) is 0 Å². The van der Waals surface area contributed by atoms with Crippen molar-refractivity contribution in [2.45, 2.75) is 25.4 Å². The van der Waals surface area contributed by atoms with E-state index in [1.807, 2.05) is 6.92 Å². The van der Waals surface area contributed by atoms with Crippen molar-refractivity contribution in [3.8, 4) is 11.5 Å². The van der Waals surface area contributed by atoms with Gasteiger partial charge in [0.25, 0.3) is 11.8 Å². The van der Waals surface area contributed by atoms with E-state index in [9.17, 15) is 18.4 Å². The fourth-order valence-electron chi connectivity index (χ4n) is 5.14. The van der Waals surface area contributed by atoms with Gasteiger partial charge in [0.2, 0.25) is 0 Å². The first-order valence-corrected chi connectivity index (χ1v) is 12.8. The van der Waals surface area contributed by atoms with Crippen LogP contribution in [0.5, 0.6) is 11.5 Å². The second kappa shape index (κ2) is 11.2. The molecule has 4 aromatic rings. The van der Waals surface area contributed by atoms with Crippen molar-refractivity contribution in [1.82, 2.24) is 0 Å². The van der Waals surface area contributed by atoms with Crippen LogP contribution in [0.15, 0.2) is 91.0 Å². The normalized spacial score (nSPS) is 16.2. The van der Waals surface area contributed by atoms with E-state index in [0.717, 1.165) is 0 Å². The number of amides is 2. The van der Waals surface area contributed by atoms with E-state index in [0.29, 0.717) is 46.0 Å².